The van der Waals surface area contributed by atoms with E-state index in [0.29, 0.717) is 6.61 Å². The van der Waals surface area contributed by atoms with Gasteiger partial charge in [-0.3, -0.25) is 4.79 Å². The maximum absolute atomic E-state index is 11.7. The molecule has 0 aliphatic carbocycles. The maximum atomic E-state index is 11.7. The molecule has 0 aliphatic rings. The Balaban J connectivity index is 4.11. The van der Waals surface area contributed by atoms with Crippen molar-refractivity contribution in [3.63, 3.8) is 0 Å². The Morgan fingerprint density at radius 3 is 2.32 bits per heavy atom. The summed E-state index contributed by atoms with van der Waals surface area (Å²) in [5.74, 6) is -0.726. The van der Waals surface area contributed by atoms with Crippen LogP contribution in [0.3, 0.4) is 0 Å². The number of methoxy groups -OCH3 is 2. The second-order valence-corrected chi connectivity index (χ2v) is 4.62. The summed E-state index contributed by atoms with van der Waals surface area (Å²) in [4.78, 5) is 22.2. The topological polar surface area (TPSA) is 96.9 Å². The van der Waals surface area contributed by atoms with Crippen molar-refractivity contribution in [2.24, 2.45) is 5.92 Å². The second-order valence-electron chi connectivity index (χ2n) is 4.62. The van der Waals surface area contributed by atoms with Crippen molar-refractivity contribution < 1.29 is 24.2 Å². The van der Waals surface area contributed by atoms with Gasteiger partial charge in [-0.15, -0.1) is 0 Å². The summed E-state index contributed by atoms with van der Waals surface area (Å²) in [6.45, 7) is 4.53. The first kappa shape index (κ1) is 17.7. The minimum absolute atomic E-state index is 0.0922. The number of ether oxygens (including phenoxy) is 2. The van der Waals surface area contributed by atoms with E-state index in [2.05, 4.69) is 10.6 Å². The molecule has 19 heavy (non-hydrogen) atoms. The fourth-order valence-electron chi connectivity index (χ4n) is 1.44. The number of nitrogens with one attached hydrogen (secondary N) is 2. The van der Waals surface area contributed by atoms with Gasteiger partial charge in [0.05, 0.1) is 25.2 Å². The van der Waals surface area contributed by atoms with Gasteiger partial charge in [0.1, 0.15) is 0 Å². The van der Waals surface area contributed by atoms with Crippen LogP contribution in [0.4, 0.5) is 4.79 Å². The highest BCUT2D eigenvalue weighted by Crippen LogP contribution is 2.01. The third-order valence-electron chi connectivity index (χ3n) is 2.69. The van der Waals surface area contributed by atoms with E-state index in [-0.39, 0.29) is 31.0 Å². The summed E-state index contributed by atoms with van der Waals surface area (Å²) in [6, 6.07) is -0.450. The lowest BCUT2D eigenvalue weighted by Crippen LogP contribution is -2.48. The summed E-state index contributed by atoms with van der Waals surface area (Å²) in [5, 5.41) is 14.0. The molecule has 2 unspecified atom stereocenters. The third-order valence-corrected chi connectivity index (χ3v) is 2.69. The van der Waals surface area contributed by atoms with Crippen LogP contribution in [0.1, 0.15) is 20.3 Å². The maximum Gasteiger partial charge on any atom is 0.315 e. The number of carboxylic acids is 1. The summed E-state index contributed by atoms with van der Waals surface area (Å²) >= 11 is 0. The number of carbonyl (C=O) groups excluding carboxylic acids is 1. The lowest BCUT2D eigenvalue weighted by atomic mass is 10.1. The fourth-order valence-corrected chi connectivity index (χ4v) is 1.44. The lowest BCUT2D eigenvalue weighted by molar-refractivity contribution is -0.139. The molecule has 0 spiro atoms. The minimum Gasteiger partial charge on any atom is -0.481 e. The lowest BCUT2D eigenvalue weighted by Gasteiger charge is -2.22. The molecule has 7 heteroatoms. The van der Waals surface area contributed by atoms with E-state index in [4.69, 9.17) is 14.6 Å². The molecule has 0 radical (unpaired) electrons. The predicted octanol–water partition coefficient (Wildman–Crippen LogP) is 0.446. The number of hydrogen-bond acceptors (Lipinski definition) is 4. The second kappa shape index (κ2) is 9.57. The quantitative estimate of drug-likeness (QED) is 0.568. The summed E-state index contributed by atoms with van der Waals surface area (Å²) in [5.41, 5.74) is 0. The highest BCUT2D eigenvalue weighted by atomic mass is 16.5. The number of hydrogen-bond donors (Lipinski definition) is 3. The Morgan fingerprint density at radius 1 is 1.26 bits per heavy atom. The Morgan fingerprint density at radius 2 is 1.89 bits per heavy atom. The molecule has 2 atom stereocenters. The van der Waals surface area contributed by atoms with Crippen LogP contribution in [0.2, 0.25) is 0 Å². The Labute approximate surface area is 113 Å². The first-order valence-electron chi connectivity index (χ1n) is 6.18. The molecule has 0 saturated carbocycles. The van der Waals surface area contributed by atoms with Crippen molar-refractivity contribution in [3.05, 3.63) is 0 Å². The molecule has 2 amide bonds. The molecule has 0 aromatic carbocycles. The van der Waals surface area contributed by atoms with Gasteiger partial charge in [0.25, 0.3) is 0 Å². The molecule has 0 rings (SSSR count). The molecule has 0 fully saturated rings. The van der Waals surface area contributed by atoms with Gasteiger partial charge in [-0.25, -0.2) is 4.79 Å². The summed E-state index contributed by atoms with van der Waals surface area (Å²) in [7, 11) is 2.98. The molecule has 0 aromatic heterocycles. The molecular weight excluding hydrogens is 252 g/mol. The van der Waals surface area contributed by atoms with Crippen LogP contribution in [-0.2, 0) is 14.3 Å². The van der Waals surface area contributed by atoms with Crippen LogP contribution in [0.25, 0.3) is 0 Å². The Bertz CT molecular complexity index is 283. The van der Waals surface area contributed by atoms with Crippen molar-refractivity contribution in [1.29, 1.82) is 0 Å². The van der Waals surface area contributed by atoms with Crippen LogP contribution in [0.15, 0.2) is 0 Å². The van der Waals surface area contributed by atoms with E-state index in [1.54, 1.807) is 7.11 Å². The van der Waals surface area contributed by atoms with E-state index in [0.717, 1.165) is 0 Å². The van der Waals surface area contributed by atoms with E-state index >= 15 is 0 Å². The van der Waals surface area contributed by atoms with Crippen molar-refractivity contribution in [3.8, 4) is 0 Å². The van der Waals surface area contributed by atoms with E-state index in [1.165, 1.54) is 7.11 Å². The molecule has 112 valence electrons. The molecule has 0 saturated heterocycles. The Kier molecular flexibility index (Phi) is 8.90. The molecule has 0 aliphatic heterocycles. The van der Waals surface area contributed by atoms with Crippen LogP contribution in [-0.4, -0.2) is 56.6 Å². The first-order valence-corrected chi connectivity index (χ1v) is 6.18. The van der Waals surface area contributed by atoms with Crippen molar-refractivity contribution in [2.45, 2.75) is 32.4 Å². The molecule has 0 aromatic rings. The number of carboxylic acid groups (broad SMARTS) is 1. The van der Waals surface area contributed by atoms with Gasteiger partial charge in [0.15, 0.2) is 0 Å². The molecular formula is C12H24N2O5. The van der Waals surface area contributed by atoms with Gasteiger partial charge in [0, 0.05) is 20.8 Å². The summed E-state index contributed by atoms with van der Waals surface area (Å²) in [6.07, 6.45) is -0.689. The molecule has 3 N–H and O–H groups in total. The third kappa shape index (κ3) is 8.39. The average Bonchev–Trinajstić information content (AvgIpc) is 2.33. The first-order chi connectivity index (χ1) is 8.90. The van der Waals surface area contributed by atoms with E-state index in [9.17, 15) is 9.59 Å². The summed E-state index contributed by atoms with van der Waals surface area (Å²) < 4.78 is 9.98. The average molecular weight is 276 g/mol. The zero-order valence-corrected chi connectivity index (χ0v) is 11.9. The highest BCUT2D eigenvalue weighted by Gasteiger charge is 2.17. The van der Waals surface area contributed by atoms with Crippen LogP contribution in [0.5, 0.6) is 0 Å². The number of aliphatic carboxylic acids is 1. The molecule has 0 heterocycles. The van der Waals surface area contributed by atoms with Crippen LogP contribution >= 0.6 is 0 Å². The van der Waals surface area contributed by atoms with Crippen molar-refractivity contribution >= 4 is 12.0 Å². The standard InChI is InChI=1S/C12H24N2O5/c1-8(2)10(7-18-3)14-12(17)13-6-9(19-4)5-11(15)16/h8-10H,5-7H2,1-4H3,(H,15,16)(H2,13,14,17). The van der Waals surface area contributed by atoms with Gasteiger partial charge in [-0.1, -0.05) is 13.8 Å². The largest absolute Gasteiger partial charge is 0.481 e. The highest BCUT2D eigenvalue weighted by molar-refractivity contribution is 5.74. The van der Waals surface area contributed by atoms with Gasteiger partial charge in [-0.2, -0.15) is 0 Å². The van der Waals surface area contributed by atoms with Crippen LogP contribution < -0.4 is 10.6 Å². The van der Waals surface area contributed by atoms with Crippen LogP contribution in [0, 0.1) is 5.92 Å². The van der Waals surface area contributed by atoms with E-state index in [1.807, 2.05) is 13.8 Å². The predicted molar refractivity (Wildman–Crippen MR) is 70.1 cm³/mol. The Hall–Kier alpha value is -1.34. The number of rotatable bonds is 9. The normalized spacial score (nSPS) is 13.9. The van der Waals surface area contributed by atoms with Gasteiger partial charge in [0.2, 0.25) is 0 Å². The van der Waals surface area contributed by atoms with Gasteiger partial charge < -0.3 is 25.2 Å². The fraction of sp³-hybridized carbons (Fsp3) is 0.833. The number of urea groups is 1. The van der Waals surface area contributed by atoms with E-state index < -0.39 is 12.1 Å². The number of carbonyl (C=O) groups is 2. The molecule has 7 nitrogen and oxygen atoms in total. The van der Waals surface area contributed by atoms with Gasteiger partial charge >= 0.3 is 12.0 Å². The van der Waals surface area contributed by atoms with Gasteiger partial charge in [-0.05, 0) is 5.92 Å². The number of amides is 2. The zero-order chi connectivity index (χ0) is 14.8. The zero-order valence-electron chi connectivity index (χ0n) is 11.9. The minimum atomic E-state index is -0.964. The SMILES string of the molecule is COCC(NC(=O)NCC(CC(=O)O)OC)C(C)C. The molecule has 0 bridgehead atoms. The smallest absolute Gasteiger partial charge is 0.315 e. The monoisotopic (exact) mass is 276 g/mol. The van der Waals surface area contributed by atoms with Crippen molar-refractivity contribution in [2.75, 3.05) is 27.4 Å². The van der Waals surface area contributed by atoms with Crippen molar-refractivity contribution in [1.82, 2.24) is 10.6 Å².